The monoisotopic (exact) mass is 376 g/mol. The number of nitrogens with zero attached hydrogens (tertiary/aromatic N) is 1. The van der Waals surface area contributed by atoms with E-state index in [0.29, 0.717) is 16.1 Å². The van der Waals surface area contributed by atoms with Gasteiger partial charge < -0.3 is 10.2 Å². The van der Waals surface area contributed by atoms with Gasteiger partial charge in [0, 0.05) is 29.7 Å². The fourth-order valence-electron chi connectivity index (χ4n) is 2.54. The van der Waals surface area contributed by atoms with E-state index in [1.165, 1.54) is 11.0 Å². The standard InChI is InChI=1S/C20H22ClFN2O2/c1-13(2)18(23-19(25)14-8-10-16(21)11-9-14)20(26)24(3)12-15-6-4-5-7-17(15)22/h4-11,13,18H,12H2,1-3H3,(H,23,25). The molecule has 0 radical (unpaired) electrons. The third kappa shape index (κ3) is 5.05. The van der Waals surface area contributed by atoms with Crippen LogP contribution in [0.2, 0.25) is 5.02 Å². The molecule has 138 valence electrons. The fraction of sp³-hybridized carbons (Fsp3) is 0.300. The number of carbonyl (C=O) groups is 2. The van der Waals surface area contributed by atoms with Gasteiger partial charge in [-0.15, -0.1) is 0 Å². The number of carbonyl (C=O) groups excluding carboxylic acids is 2. The van der Waals surface area contributed by atoms with Gasteiger partial charge in [-0.05, 0) is 36.2 Å². The van der Waals surface area contributed by atoms with Crippen molar-refractivity contribution >= 4 is 23.4 Å². The lowest BCUT2D eigenvalue weighted by atomic mass is 10.0. The summed E-state index contributed by atoms with van der Waals surface area (Å²) in [7, 11) is 1.60. The Morgan fingerprint density at radius 3 is 2.31 bits per heavy atom. The van der Waals surface area contributed by atoms with E-state index in [2.05, 4.69) is 5.32 Å². The van der Waals surface area contributed by atoms with Crippen molar-refractivity contribution in [1.29, 1.82) is 0 Å². The summed E-state index contributed by atoms with van der Waals surface area (Å²) >= 11 is 5.83. The maximum Gasteiger partial charge on any atom is 0.251 e. The van der Waals surface area contributed by atoms with Crippen molar-refractivity contribution in [2.24, 2.45) is 5.92 Å². The second kappa shape index (κ2) is 8.81. The number of rotatable bonds is 6. The van der Waals surface area contributed by atoms with Crippen molar-refractivity contribution < 1.29 is 14.0 Å². The molecule has 4 nitrogen and oxygen atoms in total. The van der Waals surface area contributed by atoms with Crippen molar-refractivity contribution in [2.45, 2.75) is 26.4 Å². The molecule has 0 aliphatic rings. The van der Waals surface area contributed by atoms with E-state index in [9.17, 15) is 14.0 Å². The SMILES string of the molecule is CC(C)C(NC(=O)c1ccc(Cl)cc1)C(=O)N(C)Cc1ccccc1F. The molecule has 6 heteroatoms. The molecule has 0 heterocycles. The maximum absolute atomic E-state index is 13.8. The zero-order valence-corrected chi connectivity index (χ0v) is 15.8. The summed E-state index contributed by atoms with van der Waals surface area (Å²) in [5.74, 6) is -1.11. The van der Waals surface area contributed by atoms with E-state index in [4.69, 9.17) is 11.6 Å². The first kappa shape index (κ1) is 19.9. The second-order valence-corrected chi connectivity index (χ2v) is 6.92. The van der Waals surface area contributed by atoms with Crippen LogP contribution in [-0.2, 0) is 11.3 Å². The van der Waals surface area contributed by atoms with E-state index in [1.807, 2.05) is 13.8 Å². The smallest absolute Gasteiger partial charge is 0.251 e. The third-order valence-electron chi connectivity index (χ3n) is 4.07. The predicted molar refractivity (Wildman–Crippen MR) is 100 cm³/mol. The Hall–Kier alpha value is -2.40. The van der Waals surface area contributed by atoms with Gasteiger partial charge in [0.1, 0.15) is 11.9 Å². The van der Waals surface area contributed by atoms with Gasteiger partial charge in [-0.25, -0.2) is 4.39 Å². The first-order valence-electron chi connectivity index (χ1n) is 8.34. The Morgan fingerprint density at radius 1 is 1.12 bits per heavy atom. The number of nitrogens with one attached hydrogen (secondary N) is 1. The molecule has 2 amide bonds. The molecular formula is C20H22ClFN2O2. The van der Waals surface area contributed by atoms with Crippen molar-refractivity contribution in [3.05, 3.63) is 70.5 Å². The molecule has 0 spiro atoms. The highest BCUT2D eigenvalue weighted by Crippen LogP contribution is 2.14. The number of benzene rings is 2. The van der Waals surface area contributed by atoms with Gasteiger partial charge in [0.05, 0.1) is 0 Å². The van der Waals surface area contributed by atoms with Crippen LogP contribution in [0.3, 0.4) is 0 Å². The van der Waals surface area contributed by atoms with Gasteiger partial charge in [-0.1, -0.05) is 43.6 Å². The molecule has 0 saturated carbocycles. The van der Waals surface area contributed by atoms with Crippen LogP contribution < -0.4 is 5.32 Å². The molecule has 0 fully saturated rings. The largest absolute Gasteiger partial charge is 0.340 e. The Kier molecular flexibility index (Phi) is 6.75. The lowest BCUT2D eigenvalue weighted by Crippen LogP contribution is -2.50. The molecule has 0 aliphatic carbocycles. The van der Waals surface area contributed by atoms with E-state index < -0.39 is 6.04 Å². The van der Waals surface area contributed by atoms with Crippen molar-refractivity contribution in [2.75, 3.05) is 7.05 Å². The molecule has 2 aromatic carbocycles. The van der Waals surface area contributed by atoms with E-state index in [-0.39, 0.29) is 30.1 Å². The Morgan fingerprint density at radius 2 is 1.73 bits per heavy atom. The summed E-state index contributed by atoms with van der Waals surface area (Å²) in [6, 6.07) is 12.0. The van der Waals surface area contributed by atoms with Gasteiger partial charge in [-0.3, -0.25) is 9.59 Å². The van der Waals surface area contributed by atoms with Crippen LogP contribution in [0.5, 0.6) is 0 Å². The Bertz CT molecular complexity index is 778. The molecule has 0 saturated heterocycles. The minimum Gasteiger partial charge on any atom is -0.340 e. The summed E-state index contributed by atoms with van der Waals surface area (Å²) in [6.07, 6.45) is 0. The topological polar surface area (TPSA) is 49.4 Å². The number of likely N-dealkylation sites (N-methyl/N-ethyl adjacent to an activating group) is 1. The molecule has 1 unspecified atom stereocenters. The van der Waals surface area contributed by atoms with Gasteiger partial charge in [0.15, 0.2) is 0 Å². The fourth-order valence-corrected chi connectivity index (χ4v) is 2.66. The van der Waals surface area contributed by atoms with Crippen LogP contribution >= 0.6 is 11.6 Å². The van der Waals surface area contributed by atoms with Crippen LogP contribution in [-0.4, -0.2) is 29.8 Å². The first-order valence-corrected chi connectivity index (χ1v) is 8.72. The summed E-state index contributed by atoms with van der Waals surface area (Å²) in [5.41, 5.74) is 0.847. The van der Waals surface area contributed by atoms with Gasteiger partial charge in [-0.2, -0.15) is 0 Å². The second-order valence-electron chi connectivity index (χ2n) is 6.49. The number of hydrogen-bond acceptors (Lipinski definition) is 2. The highest BCUT2D eigenvalue weighted by molar-refractivity contribution is 6.30. The molecule has 1 atom stereocenters. The lowest BCUT2D eigenvalue weighted by molar-refractivity contribution is -0.133. The summed E-state index contributed by atoms with van der Waals surface area (Å²) in [4.78, 5) is 26.6. The van der Waals surface area contributed by atoms with Crippen molar-refractivity contribution in [3.8, 4) is 0 Å². The Labute approximate surface area is 158 Å². The first-order chi connectivity index (χ1) is 12.3. The molecule has 0 aromatic heterocycles. The zero-order valence-electron chi connectivity index (χ0n) is 15.0. The van der Waals surface area contributed by atoms with Crippen molar-refractivity contribution in [3.63, 3.8) is 0 Å². The van der Waals surface area contributed by atoms with Crippen LogP contribution in [0, 0.1) is 11.7 Å². The third-order valence-corrected chi connectivity index (χ3v) is 4.32. The molecule has 26 heavy (non-hydrogen) atoms. The molecule has 2 rings (SSSR count). The molecular weight excluding hydrogens is 355 g/mol. The molecule has 0 bridgehead atoms. The normalized spacial score (nSPS) is 11.9. The predicted octanol–water partition coefficient (Wildman–Crippen LogP) is 3.89. The van der Waals surface area contributed by atoms with E-state index in [1.54, 1.807) is 49.5 Å². The average molecular weight is 377 g/mol. The molecule has 0 aliphatic heterocycles. The van der Waals surface area contributed by atoms with E-state index >= 15 is 0 Å². The average Bonchev–Trinajstić information content (AvgIpc) is 2.61. The van der Waals surface area contributed by atoms with Crippen LogP contribution in [0.25, 0.3) is 0 Å². The van der Waals surface area contributed by atoms with Crippen LogP contribution in [0.4, 0.5) is 4.39 Å². The van der Waals surface area contributed by atoms with Crippen molar-refractivity contribution in [1.82, 2.24) is 10.2 Å². The minimum absolute atomic E-state index is 0.123. The quantitative estimate of drug-likeness (QED) is 0.831. The maximum atomic E-state index is 13.8. The summed E-state index contributed by atoms with van der Waals surface area (Å²) < 4.78 is 13.8. The highest BCUT2D eigenvalue weighted by Gasteiger charge is 2.27. The van der Waals surface area contributed by atoms with Crippen LogP contribution in [0.15, 0.2) is 48.5 Å². The van der Waals surface area contributed by atoms with E-state index in [0.717, 1.165) is 0 Å². The lowest BCUT2D eigenvalue weighted by Gasteiger charge is -2.27. The highest BCUT2D eigenvalue weighted by atomic mass is 35.5. The Balaban J connectivity index is 2.10. The number of hydrogen-bond donors (Lipinski definition) is 1. The van der Waals surface area contributed by atoms with Crippen LogP contribution in [0.1, 0.15) is 29.8 Å². The number of amides is 2. The van der Waals surface area contributed by atoms with Gasteiger partial charge >= 0.3 is 0 Å². The minimum atomic E-state index is -0.713. The summed E-state index contributed by atoms with van der Waals surface area (Å²) in [5, 5.41) is 3.30. The zero-order chi connectivity index (χ0) is 19.3. The summed E-state index contributed by atoms with van der Waals surface area (Å²) in [6.45, 7) is 3.83. The molecule has 1 N–H and O–H groups in total. The molecule has 2 aromatic rings. The number of halogens is 2. The van der Waals surface area contributed by atoms with Gasteiger partial charge in [0.2, 0.25) is 5.91 Å². The van der Waals surface area contributed by atoms with Gasteiger partial charge in [0.25, 0.3) is 5.91 Å².